The van der Waals surface area contributed by atoms with Crippen LogP contribution in [0.3, 0.4) is 0 Å². The van der Waals surface area contributed by atoms with Crippen molar-refractivity contribution < 1.29 is 0 Å². The van der Waals surface area contributed by atoms with Crippen LogP contribution < -0.4 is 11.1 Å². The highest BCUT2D eigenvalue weighted by molar-refractivity contribution is 7.80. The molecule has 0 rings (SSSR count). The zero-order valence-electron chi connectivity index (χ0n) is 6.68. The number of nitrogens with two attached hydrogens (primary N) is 1. The molecular weight excluding hydrogens is 144 g/mol. The molecule has 0 aromatic carbocycles. The van der Waals surface area contributed by atoms with E-state index >= 15 is 0 Å². The molecule has 0 aromatic rings. The first kappa shape index (κ1) is 9.69. The fraction of sp³-hybridized carbons (Fsp3) is 0.857. The Balaban J connectivity index is 3.25. The molecule has 3 heteroatoms. The summed E-state index contributed by atoms with van der Waals surface area (Å²) in [6, 6.07) is 0.428. The van der Waals surface area contributed by atoms with E-state index in [4.69, 9.17) is 5.73 Å². The maximum atomic E-state index is 5.29. The van der Waals surface area contributed by atoms with Crippen LogP contribution in [-0.4, -0.2) is 11.2 Å². The van der Waals surface area contributed by atoms with Crippen LogP contribution >= 0.6 is 12.2 Å². The van der Waals surface area contributed by atoms with Crippen LogP contribution in [-0.2, 0) is 0 Å². The average Bonchev–Trinajstić information content (AvgIpc) is 1.82. The van der Waals surface area contributed by atoms with Gasteiger partial charge in [0.1, 0.15) is 0 Å². The van der Waals surface area contributed by atoms with Crippen molar-refractivity contribution >= 4 is 17.3 Å². The Morgan fingerprint density at radius 2 is 2.30 bits per heavy atom. The van der Waals surface area contributed by atoms with Crippen molar-refractivity contribution in [1.29, 1.82) is 0 Å². The van der Waals surface area contributed by atoms with Crippen molar-refractivity contribution in [3.8, 4) is 0 Å². The van der Waals surface area contributed by atoms with Crippen LogP contribution in [0.5, 0.6) is 0 Å². The summed E-state index contributed by atoms with van der Waals surface area (Å²) < 4.78 is 0. The van der Waals surface area contributed by atoms with Crippen LogP contribution in [0, 0.1) is 0 Å². The highest BCUT2D eigenvalue weighted by atomic mass is 32.1. The molecule has 0 aromatic heterocycles. The molecule has 2 nitrogen and oxygen atoms in total. The first-order chi connectivity index (χ1) is 4.66. The summed E-state index contributed by atoms with van der Waals surface area (Å²) in [4.78, 5) is 0. The van der Waals surface area contributed by atoms with E-state index < -0.39 is 0 Å². The van der Waals surface area contributed by atoms with E-state index in [1.165, 1.54) is 12.8 Å². The van der Waals surface area contributed by atoms with Crippen LogP contribution in [0.15, 0.2) is 0 Å². The van der Waals surface area contributed by atoms with Gasteiger partial charge < -0.3 is 11.1 Å². The Labute approximate surface area is 68.2 Å². The number of rotatable bonds is 4. The Morgan fingerprint density at radius 1 is 1.70 bits per heavy atom. The highest BCUT2D eigenvalue weighted by Crippen LogP contribution is 1.98. The SMILES string of the molecule is CCCCC(C)NC(N)=S. The van der Waals surface area contributed by atoms with Gasteiger partial charge in [0.15, 0.2) is 5.11 Å². The first-order valence-electron chi connectivity index (χ1n) is 3.72. The molecule has 0 spiro atoms. The lowest BCUT2D eigenvalue weighted by Crippen LogP contribution is -2.36. The molecule has 0 saturated heterocycles. The standard InChI is InChI=1S/C7H16N2S/c1-3-4-5-6(2)9-7(8)10/h6H,3-5H2,1-2H3,(H3,8,9,10). The van der Waals surface area contributed by atoms with Gasteiger partial charge in [-0.3, -0.25) is 0 Å². The molecule has 0 aliphatic heterocycles. The van der Waals surface area contributed by atoms with Gasteiger partial charge in [-0.15, -0.1) is 0 Å². The Bertz CT molecular complexity index is 104. The van der Waals surface area contributed by atoms with Gasteiger partial charge in [0.25, 0.3) is 0 Å². The first-order valence-corrected chi connectivity index (χ1v) is 4.13. The maximum absolute atomic E-state index is 5.29. The summed E-state index contributed by atoms with van der Waals surface area (Å²) in [5, 5.41) is 3.39. The average molecular weight is 160 g/mol. The minimum atomic E-state index is 0.406. The third-order valence-corrected chi connectivity index (χ3v) is 1.50. The number of thiocarbonyl (C=S) groups is 1. The zero-order valence-corrected chi connectivity index (χ0v) is 7.50. The third-order valence-electron chi connectivity index (χ3n) is 1.38. The summed E-state index contributed by atoms with van der Waals surface area (Å²) in [6.45, 7) is 4.27. The number of unbranched alkanes of at least 4 members (excludes halogenated alkanes) is 1. The lowest BCUT2D eigenvalue weighted by atomic mass is 10.1. The zero-order chi connectivity index (χ0) is 7.98. The van der Waals surface area contributed by atoms with Crippen LogP contribution in [0.1, 0.15) is 33.1 Å². The van der Waals surface area contributed by atoms with Crippen molar-refractivity contribution in [2.75, 3.05) is 0 Å². The molecule has 0 amide bonds. The molecule has 3 N–H and O–H groups in total. The fourth-order valence-corrected chi connectivity index (χ4v) is 1.03. The summed E-state index contributed by atoms with van der Waals surface area (Å²) in [6.07, 6.45) is 3.61. The summed E-state index contributed by atoms with van der Waals surface area (Å²) in [5.41, 5.74) is 5.29. The van der Waals surface area contributed by atoms with E-state index in [1.807, 2.05) is 0 Å². The monoisotopic (exact) mass is 160 g/mol. The van der Waals surface area contributed by atoms with Crippen molar-refractivity contribution in [1.82, 2.24) is 5.32 Å². The lowest BCUT2D eigenvalue weighted by molar-refractivity contribution is 0.572. The van der Waals surface area contributed by atoms with Gasteiger partial charge >= 0.3 is 0 Å². The largest absolute Gasteiger partial charge is 0.376 e. The van der Waals surface area contributed by atoms with E-state index in [0.717, 1.165) is 6.42 Å². The molecular formula is C7H16N2S. The predicted molar refractivity (Wildman–Crippen MR) is 48.9 cm³/mol. The Kier molecular flexibility index (Phi) is 5.30. The molecule has 60 valence electrons. The van der Waals surface area contributed by atoms with Crippen molar-refractivity contribution in [3.63, 3.8) is 0 Å². The molecule has 1 atom stereocenters. The van der Waals surface area contributed by atoms with Crippen molar-refractivity contribution in [3.05, 3.63) is 0 Å². The second-order valence-corrected chi connectivity index (χ2v) is 2.99. The van der Waals surface area contributed by atoms with Gasteiger partial charge in [-0.05, 0) is 25.6 Å². The van der Waals surface area contributed by atoms with Gasteiger partial charge in [-0.2, -0.15) is 0 Å². The smallest absolute Gasteiger partial charge is 0.163 e. The maximum Gasteiger partial charge on any atom is 0.163 e. The normalized spacial score (nSPS) is 12.6. The Hall–Kier alpha value is -0.310. The van der Waals surface area contributed by atoms with Crippen LogP contribution in [0.4, 0.5) is 0 Å². The van der Waals surface area contributed by atoms with Crippen LogP contribution in [0.25, 0.3) is 0 Å². The summed E-state index contributed by atoms with van der Waals surface area (Å²) in [5.74, 6) is 0. The molecule has 1 unspecified atom stereocenters. The molecule has 0 heterocycles. The fourth-order valence-electron chi connectivity index (χ4n) is 0.825. The van der Waals surface area contributed by atoms with E-state index in [1.54, 1.807) is 0 Å². The van der Waals surface area contributed by atoms with E-state index in [9.17, 15) is 0 Å². The molecule has 0 aliphatic carbocycles. The molecule has 0 aliphatic rings. The minimum Gasteiger partial charge on any atom is -0.376 e. The lowest BCUT2D eigenvalue weighted by Gasteiger charge is -2.11. The molecule has 0 bridgehead atoms. The molecule has 0 radical (unpaired) electrons. The number of nitrogens with one attached hydrogen (secondary N) is 1. The van der Waals surface area contributed by atoms with Crippen molar-refractivity contribution in [2.24, 2.45) is 5.73 Å². The van der Waals surface area contributed by atoms with Gasteiger partial charge in [-0.25, -0.2) is 0 Å². The predicted octanol–water partition coefficient (Wildman–Crippen LogP) is 1.40. The second-order valence-electron chi connectivity index (χ2n) is 2.55. The topological polar surface area (TPSA) is 38.0 Å². The number of hydrogen-bond acceptors (Lipinski definition) is 1. The quantitative estimate of drug-likeness (QED) is 0.610. The number of hydrogen-bond donors (Lipinski definition) is 2. The third kappa shape index (κ3) is 5.82. The molecule has 10 heavy (non-hydrogen) atoms. The van der Waals surface area contributed by atoms with Gasteiger partial charge in [-0.1, -0.05) is 19.8 Å². The van der Waals surface area contributed by atoms with Crippen LogP contribution in [0.2, 0.25) is 0 Å². The van der Waals surface area contributed by atoms with E-state index in [-0.39, 0.29) is 0 Å². The van der Waals surface area contributed by atoms with E-state index in [0.29, 0.717) is 11.2 Å². The Morgan fingerprint density at radius 3 is 2.70 bits per heavy atom. The summed E-state index contributed by atoms with van der Waals surface area (Å²) >= 11 is 4.69. The molecule has 0 saturated carbocycles. The summed E-state index contributed by atoms with van der Waals surface area (Å²) in [7, 11) is 0. The van der Waals surface area contributed by atoms with Gasteiger partial charge in [0.2, 0.25) is 0 Å². The van der Waals surface area contributed by atoms with Gasteiger partial charge in [0, 0.05) is 6.04 Å². The van der Waals surface area contributed by atoms with Crippen molar-refractivity contribution in [2.45, 2.75) is 39.2 Å². The second kappa shape index (κ2) is 5.47. The highest BCUT2D eigenvalue weighted by Gasteiger charge is 1.98. The van der Waals surface area contributed by atoms with E-state index in [2.05, 4.69) is 31.4 Å². The minimum absolute atomic E-state index is 0.406. The van der Waals surface area contributed by atoms with Gasteiger partial charge in [0.05, 0.1) is 0 Å². The molecule has 0 fully saturated rings.